The second-order valence-electron chi connectivity index (χ2n) is 9.85. The summed E-state index contributed by atoms with van der Waals surface area (Å²) in [7, 11) is 0. The van der Waals surface area contributed by atoms with E-state index in [1.54, 1.807) is 0 Å². The first-order valence-corrected chi connectivity index (χ1v) is 13.8. The minimum Gasteiger partial charge on any atom is -0.297 e. The summed E-state index contributed by atoms with van der Waals surface area (Å²) in [4.78, 5) is 4.73. The summed E-state index contributed by atoms with van der Waals surface area (Å²) in [5, 5.41) is 0. The van der Waals surface area contributed by atoms with Gasteiger partial charge in [-0.2, -0.15) is 0 Å². The van der Waals surface area contributed by atoms with Crippen molar-refractivity contribution in [3.8, 4) is 0 Å². The van der Waals surface area contributed by atoms with Crippen LogP contribution in [0.4, 0.5) is 8.78 Å². The largest absolute Gasteiger partial charge is 0.297 e. The molecule has 2 aliphatic heterocycles. The second-order valence-corrected chi connectivity index (χ2v) is 9.85. The minimum atomic E-state index is -2.48. The fourth-order valence-electron chi connectivity index (χ4n) is 4.83. The summed E-state index contributed by atoms with van der Waals surface area (Å²) in [6.45, 7) is 20.9. The van der Waals surface area contributed by atoms with Gasteiger partial charge in [-0.3, -0.25) is 9.80 Å². The molecule has 0 N–H and O–H groups in total. The molecule has 2 saturated heterocycles. The molecule has 0 radical (unpaired) electrons. The van der Waals surface area contributed by atoms with Gasteiger partial charge in [0.15, 0.2) is 0 Å². The standard InChI is InChI=1S/C13H19F2N.C13H21N.2C2H6/c1-10(2)4-3-5-12-8-13(14,15)9-16(12)11-6-7-11;1-11(2)5-3-6-12-7-4-10-14(12)13-8-9-13;2*1-2/h3-4,11-12H,1,5-9H2,2H3;3,5,12-13H,1,4,6-10H2,2H3;2*1-2H3/b4-3+;5-3+;;. The van der Waals surface area contributed by atoms with Crippen molar-refractivity contribution in [2.75, 3.05) is 13.1 Å². The quantitative estimate of drug-likeness (QED) is 0.322. The number of rotatable bonds is 8. The highest BCUT2D eigenvalue weighted by Gasteiger charge is 2.49. The lowest BCUT2D eigenvalue weighted by atomic mass is 10.1. The molecule has 2 unspecified atom stereocenters. The van der Waals surface area contributed by atoms with Crippen LogP contribution in [0.5, 0.6) is 0 Å². The van der Waals surface area contributed by atoms with E-state index in [1.165, 1.54) is 44.2 Å². The molecule has 0 amide bonds. The molecule has 34 heavy (non-hydrogen) atoms. The van der Waals surface area contributed by atoms with Gasteiger partial charge in [-0.05, 0) is 71.8 Å². The number of likely N-dealkylation sites (tertiary alicyclic amines) is 2. The highest BCUT2D eigenvalue weighted by Crippen LogP contribution is 2.41. The van der Waals surface area contributed by atoms with Gasteiger partial charge < -0.3 is 0 Å². The lowest BCUT2D eigenvalue weighted by molar-refractivity contribution is 0.0112. The zero-order chi connectivity index (χ0) is 25.7. The smallest absolute Gasteiger partial charge is 0.262 e. The molecule has 2 heterocycles. The fourth-order valence-corrected chi connectivity index (χ4v) is 4.83. The Kier molecular flexibility index (Phi) is 14.2. The third-order valence-electron chi connectivity index (χ3n) is 6.49. The van der Waals surface area contributed by atoms with Gasteiger partial charge in [-0.15, -0.1) is 0 Å². The summed E-state index contributed by atoms with van der Waals surface area (Å²) in [5.41, 5.74) is 2.14. The van der Waals surface area contributed by atoms with Gasteiger partial charge in [0, 0.05) is 30.6 Å². The molecule has 0 bridgehead atoms. The van der Waals surface area contributed by atoms with Crippen molar-refractivity contribution in [2.24, 2.45) is 0 Å². The van der Waals surface area contributed by atoms with Crippen molar-refractivity contribution in [1.82, 2.24) is 9.80 Å². The Morgan fingerprint density at radius 2 is 1.26 bits per heavy atom. The lowest BCUT2D eigenvalue weighted by Gasteiger charge is -2.22. The van der Waals surface area contributed by atoms with Crippen LogP contribution < -0.4 is 0 Å². The summed E-state index contributed by atoms with van der Waals surface area (Å²) < 4.78 is 26.7. The maximum atomic E-state index is 13.3. The van der Waals surface area contributed by atoms with E-state index in [-0.39, 0.29) is 19.0 Å². The van der Waals surface area contributed by atoms with Gasteiger partial charge >= 0.3 is 0 Å². The fraction of sp³-hybridized carbons (Fsp3) is 0.733. The number of hydrogen-bond donors (Lipinski definition) is 0. The number of allylic oxidation sites excluding steroid dienone is 4. The van der Waals surface area contributed by atoms with Crippen molar-refractivity contribution in [3.05, 3.63) is 48.6 Å². The van der Waals surface area contributed by atoms with Crippen LogP contribution in [0.3, 0.4) is 0 Å². The van der Waals surface area contributed by atoms with Gasteiger partial charge in [0.25, 0.3) is 5.92 Å². The molecule has 2 atom stereocenters. The van der Waals surface area contributed by atoms with E-state index < -0.39 is 5.92 Å². The summed E-state index contributed by atoms with van der Waals surface area (Å²) in [5.74, 6) is -2.48. The molecule has 196 valence electrons. The number of hydrogen-bond acceptors (Lipinski definition) is 2. The topological polar surface area (TPSA) is 6.48 Å². The van der Waals surface area contributed by atoms with E-state index in [0.717, 1.165) is 36.9 Å². The third-order valence-corrected chi connectivity index (χ3v) is 6.49. The van der Waals surface area contributed by atoms with Crippen LogP contribution in [0, 0.1) is 0 Å². The maximum absolute atomic E-state index is 13.3. The molecule has 2 aliphatic carbocycles. The Morgan fingerprint density at radius 3 is 1.74 bits per heavy atom. The average Bonchev–Trinajstić information content (AvgIpc) is 3.73. The molecular formula is C30H52F2N2. The van der Waals surface area contributed by atoms with Crippen LogP contribution in [-0.4, -0.2) is 53.0 Å². The predicted molar refractivity (Wildman–Crippen MR) is 146 cm³/mol. The summed E-state index contributed by atoms with van der Waals surface area (Å²) in [6, 6.07) is 2.23. The molecule has 0 spiro atoms. The molecule has 0 aromatic carbocycles. The zero-order valence-electron chi connectivity index (χ0n) is 23.0. The SMILES string of the molecule is C=C(C)/C=C/CC1CC(F)(F)CN1C1CC1.C=C(C)/C=C/CC1CCCN1C1CC1.CC.CC. The molecule has 4 fully saturated rings. The van der Waals surface area contributed by atoms with Crippen LogP contribution in [0.15, 0.2) is 48.6 Å². The Balaban J connectivity index is 0.000000299. The summed E-state index contributed by atoms with van der Waals surface area (Å²) in [6.07, 6.45) is 18.2. The molecular weight excluding hydrogens is 426 g/mol. The van der Waals surface area contributed by atoms with Crippen molar-refractivity contribution in [3.63, 3.8) is 0 Å². The average molecular weight is 479 g/mol. The molecule has 2 saturated carbocycles. The van der Waals surface area contributed by atoms with Gasteiger partial charge in [0.1, 0.15) is 0 Å². The van der Waals surface area contributed by atoms with Crippen molar-refractivity contribution in [1.29, 1.82) is 0 Å². The van der Waals surface area contributed by atoms with E-state index >= 15 is 0 Å². The minimum absolute atomic E-state index is 0.0179. The van der Waals surface area contributed by atoms with Crippen LogP contribution in [0.1, 0.15) is 99.3 Å². The van der Waals surface area contributed by atoms with Crippen LogP contribution in [0.25, 0.3) is 0 Å². The highest BCUT2D eigenvalue weighted by atomic mass is 19.3. The van der Waals surface area contributed by atoms with E-state index in [9.17, 15) is 8.78 Å². The Morgan fingerprint density at radius 1 is 0.794 bits per heavy atom. The van der Waals surface area contributed by atoms with E-state index in [1.807, 2.05) is 51.7 Å². The summed E-state index contributed by atoms with van der Waals surface area (Å²) >= 11 is 0. The molecule has 0 aromatic heterocycles. The van der Waals surface area contributed by atoms with Crippen LogP contribution in [-0.2, 0) is 0 Å². The van der Waals surface area contributed by atoms with E-state index in [0.29, 0.717) is 6.04 Å². The monoisotopic (exact) mass is 478 g/mol. The van der Waals surface area contributed by atoms with Gasteiger partial charge in [-0.25, -0.2) is 8.78 Å². The zero-order valence-corrected chi connectivity index (χ0v) is 23.0. The lowest BCUT2D eigenvalue weighted by Crippen LogP contribution is -2.32. The molecule has 4 heteroatoms. The Bertz CT molecular complexity index is 659. The molecule has 0 aromatic rings. The molecule has 4 rings (SSSR count). The first kappa shape index (κ1) is 30.8. The molecule has 2 nitrogen and oxygen atoms in total. The maximum Gasteiger partial charge on any atom is 0.262 e. The first-order valence-electron chi connectivity index (χ1n) is 13.8. The number of nitrogens with zero attached hydrogens (tertiary/aromatic N) is 2. The Hall–Kier alpha value is -1.26. The van der Waals surface area contributed by atoms with Crippen LogP contribution in [0.2, 0.25) is 0 Å². The Labute approximate surface area is 209 Å². The highest BCUT2D eigenvalue weighted by molar-refractivity contribution is 5.13. The third kappa shape index (κ3) is 11.4. The van der Waals surface area contributed by atoms with Gasteiger partial charge in [0.05, 0.1) is 6.54 Å². The predicted octanol–water partition coefficient (Wildman–Crippen LogP) is 8.57. The number of halogens is 2. The normalized spacial score (nSPS) is 26.4. The van der Waals surface area contributed by atoms with Crippen LogP contribution >= 0.6 is 0 Å². The van der Waals surface area contributed by atoms with Crippen molar-refractivity contribution >= 4 is 0 Å². The van der Waals surface area contributed by atoms with Crippen molar-refractivity contribution in [2.45, 2.75) is 129 Å². The molecule has 4 aliphatic rings. The van der Waals surface area contributed by atoms with Gasteiger partial charge in [-0.1, -0.05) is 76.3 Å². The van der Waals surface area contributed by atoms with Gasteiger partial charge in [0.2, 0.25) is 0 Å². The first-order chi connectivity index (χ1) is 16.2. The van der Waals surface area contributed by atoms with E-state index in [2.05, 4.69) is 37.1 Å². The van der Waals surface area contributed by atoms with E-state index in [4.69, 9.17) is 0 Å². The number of alkyl halides is 2. The second kappa shape index (κ2) is 15.7. The van der Waals surface area contributed by atoms with Crippen molar-refractivity contribution < 1.29 is 8.78 Å².